The number of carboxylic acids is 1. The van der Waals surface area contributed by atoms with Crippen LogP contribution in [0.1, 0.15) is 11.1 Å². The van der Waals surface area contributed by atoms with Gasteiger partial charge in [-0.15, -0.1) is 0 Å². The van der Waals surface area contributed by atoms with Crippen LogP contribution >= 0.6 is 0 Å². The molecule has 0 fully saturated rings. The van der Waals surface area contributed by atoms with Gasteiger partial charge in [-0.05, 0) is 0 Å². The Kier molecular flexibility index (Phi) is 2.99. The molecular weight excluding hydrogens is 254 g/mol. The number of rotatable bonds is 3. The van der Waals surface area contributed by atoms with Gasteiger partial charge in [0.2, 0.25) is 5.60 Å². The minimum Gasteiger partial charge on any atom is -0.481 e. The average molecular weight is 267 g/mol. The smallest absolute Gasteiger partial charge is 0.317 e. The molecule has 3 rings (SSSR count). The topological polar surface area (TPSA) is 58.9 Å². The van der Waals surface area contributed by atoms with E-state index >= 15 is 0 Å². The van der Waals surface area contributed by atoms with E-state index in [2.05, 4.69) is 5.16 Å². The molecule has 1 aliphatic rings. The Bertz CT molecular complexity index is 598. The number of carbonyl (C=O) groups is 1. The molecule has 1 N–H and O–H groups in total. The fourth-order valence-electron chi connectivity index (χ4n) is 2.58. The van der Waals surface area contributed by atoms with Crippen molar-refractivity contribution >= 4 is 12.2 Å². The first-order valence-electron chi connectivity index (χ1n) is 6.30. The third kappa shape index (κ3) is 1.77. The molecule has 0 amide bonds. The fourth-order valence-corrected chi connectivity index (χ4v) is 2.58. The Morgan fingerprint density at radius 3 is 1.95 bits per heavy atom. The van der Waals surface area contributed by atoms with Crippen LogP contribution < -0.4 is 0 Å². The molecule has 0 spiro atoms. The van der Waals surface area contributed by atoms with E-state index in [4.69, 9.17) is 4.84 Å². The van der Waals surface area contributed by atoms with E-state index in [9.17, 15) is 9.90 Å². The van der Waals surface area contributed by atoms with Crippen LogP contribution in [0.25, 0.3) is 0 Å². The Labute approximate surface area is 116 Å². The van der Waals surface area contributed by atoms with Gasteiger partial charge in [0, 0.05) is 11.1 Å². The average Bonchev–Trinajstić information content (AvgIpc) is 2.95. The van der Waals surface area contributed by atoms with Crippen LogP contribution in [0, 0.1) is 5.92 Å². The third-order valence-corrected chi connectivity index (χ3v) is 3.52. The number of oxime groups is 1. The van der Waals surface area contributed by atoms with Gasteiger partial charge in [-0.1, -0.05) is 65.8 Å². The molecule has 2 aromatic carbocycles. The fraction of sp³-hybridized carbons (Fsp3) is 0.125. The summed E-state index contributed by atoms with van der Waals surface area (Å²) in [5, 5.41) is 13.3. The van der Waals surface area contributed by atoms with Crippen LogP contribution in [0.4, 0.5) is 0 Å². The van der Waals surface area contributed by atoms with Crippen molar-refractivity contribution in [1.29, 1.82) is 0 Å². The first-order chi connectivity index (χ1) is 9.75. The van der Waals surface area contributed by atoms with E-state index in [1.807, 2.05) is 60.7 Å². The zero-order valence-corrected chi connectivity index (χ0v) is 10.6. The van der Waals surface area contributed by atoms with Gasteiger partial charge >= 0.3 is 5.97 Å². The summed E-state index contributed by atoms with van der Waals surface area (Å²) in [5.74, 6) is -1.81. The van der Waals surface area contributed by atoms with Crippen LogP contribution in [0.5, 0.6) is 0 Å². The molecule has 20 heavy (non-hydrogen) atoms. The summed E-state index contributed by atoms with van der Waals surface area (Å²) in [5.41, 5.74) is 0.446. The Balaban J connectivity index is 2.22. The maximum atomic E-state index is 11.6. The maximum Gasteiger partial charge on any atom is 0.317 e. The molecule has 4 heteroatoms. The van der Waals surface area contributed by atoms with Gasteiger partial charge in [-0.25, -0.2) is 0 Å². The Morgan fingerprint density at radius 1 is 1.00 bits per heavy atom. The van der Waals surface area contributed by atoms with E-state index in [-0.39, 0.29) is 0 Å². The zero-order chi connectivity index (χ0) is 14.0. The highest BCUT2D eigenvalue weighted by Gasteiger charge is 2.51. The van der Waals surface area contributed by atoms with Crippen LogP contribution in [0.2, 0.25) is 0 Å². The molecule has 0 aromatic heterocycles. The monoisotopic (exact) mass is 267 g/mol. The van der Waals surface area contributed by atoms with Gasteiger partial charge in [-0.3, -0.25) is 4.79 Å². The van der Waals surface area contributed by atoms with Crippen molar-refractivity contribution in [3.05, 3.63) is 71.8 Å². The van der Waals surface area contributed by atoms with E-state index in [0.29, 0.717) is 0 Å². The highest BCUT2D eigenvalue weighted by Crippen LogP contribution is 2.43. The summed E-state index contributed by atoms with van der Waals surface area (Å²) in [7, 11) is 0. The van der Waals surface area contributed by atoms with E-state index in [0.717, 1.165) is 11.1 Å². The quantitative estimate of drug-likeness (QED) is 0.930. The van der Waals surface area contributed by atoms with Gasteiger partial charge in [0.1, 0.15) is 5.92 Å². The zero-order valence-electron chi connectivity index (χ0n) is 10.6. The summed E-state index contributed by atoms with van der Waals surface area (Å²) >= 11 is 0. The van der Waals surface area contributed by atoms with Crippen LogP contribution in [-0.2, 0) is 15.2 Å². The number of aliphatic carboxylic acids is 1. The van der Waals surface area contributed by atoms with Gasteiger partial charge in [-0.2, -0.15) is 0 Å². The molecule has 1 aliphatic heterocycles. The molecule has 1 heterocycles. The third-order valence-electron chi connectivity index (χ3n) is 3.52. The first kappa shape index (κ1) is 12.4. The highest BCUT2D eigenvalue weighted by molar-refractivity contribution is 5.92. The first-order valence-corrected chi connectivity index (χ1v) is 6.30. The van der Waals surface area contributed by atoms with Crippen molar-refractivity contribution in [2.45, 2.75) is 5.60 Å². The molecule has 100 valence electrons. The second kappa shape index (κ2) is 4.81. The molecule has 2 aromatic rings. The van der Waals surface area contributed by atoms with Crippen LogP contribution in [0.15, 0.2) is 65.8 Å². The Hall–Kier alpha value is -2.62. The number of carboxylic acid groups (broad SMARTS) is 1. The summed E-state index contributed by atoms with van der Waals surface area (Å²) in [6.45, 7) is 0. The molecule has 1 atom stereocenters. The van der Waals surface area contributed by atoms with Gasteiger partial charge < -0.3 is 9.94 Å². The normalized spacial score (nSPS) is 19.5. The molecule has 0 aliphatic carbocycles. The second-order valence-electron chi connectivity index (χ2n) is 4.63. The van der Waals surface area contributed by atoms with Crippen molar-refractivity contribution in [2.75, 3.05) is 0 Å². The minimum absolute atomic E-state index is 0.774. The summed E-state index contributed by atoms with van der Waals surface area (Å²) in [6.07, 6.45) is 1.35. The van der Waals surface area contributed by atoms with Gasteiger partial charge in [0.05, 0.1) is 6.21 Å². The lowest BCUT2D eigenvalue weighted by Crippen LogP contribution is -2.39. The van der Waals surface area contributed by atoms with E-state index in [1.165, 1.54) is 6.21 Å². The molecular formula is C16H13NO3. The highest BCUT2D eigenvalue weighted by atomic mass is 16.7. The molecule has 0 radical (unpaired) electrons. The summed E-state index contributed by atoms with van der Waals surface area (Å²) < 4.78 is 0. The van der Waals surface area contributed by atoms with Crippen molar-refractivity contribution in [2.24, 2.45) is 11.1 Å². The second-order valence-corrected chi connectivity index (χ2v) is 4.63. The summed E-state index contributed by atoms with van der Waals surface area (Å²) in [4.78, 5) is 17.2. The van der Waals surface area contributed by atoms with Gasteiger partial charge in [0.25, 0.3) is 0 Å². The van der Waals surface area contributed by atoms with E-state index in [1.54, 1.807) is 0 Å². The lowest BCUT2D eigenvalue weighted by atomic mass is 9.77. The lowest BCUT2D eigenvalue weighted by Gasteiger charge is -2.31. The largest absolute Gasteiger partial charge is 0.481 e. The SMILES string of the molecule is O=C(O)C1C=NOC1(c1ccccc1)c1ccccc1. The molecule has 0 saturated heterocycles. The number of nitrogens with zero attached hydrogens (tertiary/aromatic N) is 1. The number of benzene rings is 2. The molecule has 0 saturated carbocycles. The lowest BCUT2D eigenvalue weighted by molar-refractivity contribution is -0.146. The van der Waals surface area contributed by atoms with Crippen molar-refractivity contribution in [1.82, 2.24) is 0 Å². The van der Waals surface area contributed by atoms with Crippen molar-refractivity contribution in [3.8, 4) is 0 Å². The van der Waals surface area contributed by atoms with E-state index < -0.39 is 17.5 Å². The predicted molar refractivity (Wildman–Crippen MR) is 74.4 cm³/mol. The standard InChI is InChI=1S/C16H13NO3/c18-15(19)14-11-17-20-16(14,12-7-3-1-4-8-12)13-9-5-2-6-10-13/h1-11,14H,(H,18,19). The predicted octanol–water partition coefficient (Wildman–Crippen LogP) is 2.65. The molecule has 4 nitrogen and oxygen atoms in total. The van der Waals surface area contributed by atoms with Gasteiger partial charge in [0.15, 0.2) is 0 Å². The minimum atomic E-state index is -1.10. The molecule has 0 bridgehead atoms. The van der Waals surface area contributed by atoms with Crippen LogP contribution in [-0.4, -0.2) is 17.3 Å². The van der Waals surface area contributed by atoms with Crippen molar-refractivity contribution in [3.63, 3.8) is 0 Å². The maximum absolute atomic E-state index is 11.6. The molecule has 1 unspecified atom stereocenters. The Morgan fingerprint density at radius 2 is 1.50 bits per heavy atom. The van der Waals surface area contributed by atoms with Crippen LogP contribution in [0.3, 0.4) is 0 Å². The number of hydrogen-bond donors (Lipinski definition) is 1. The summed E-state index contributed by atoms with van der Waals surface area (Å²) in [6, 6.07) is 18.6. The van der Waals surface area contributed by atoms with Crippen molar-refractivity contribution < 1.29 is 14.7 Å². The number of hydrogen-bond acceptors (Lipinski definition) is 3.